The molecule has 172 valence electrons. The van der Waals surface area contributed by atoms with Crippen molar-refractivity contribution in [2.75, 3.05) is 0 Å². The van der Waals surface area contributed by atoms with Gasteiger partial charge in [0, 0.05) is 30.1 Å². The molecular weight excluding hydrogens is 410 g/mol. The van der Waals surface area contributed by atoms with Crippen LogP contribution in [0.15, 0.2) is 23.1 Å². The molecule has 5 nitrogen and oxygen atoms in total. The summed E-state index contributed by atoms with van der Waals surface area (Å²) in [7, 11) is 0. The number of carbonyl (C=O) groups is 2. The number of ether oxygens (including phenoxy) is 1. The summed E-state index contributed by atoms with van der Waals surface area (Å²) in [5, 5.41) is 13.6. The van der Waals surface area contributed by atoms with Gasteiger partial charge in [0.15, 0.2) is 0 Å². The molecule has 0 saturated heterocycles. The lowest BCUT2D eigenvalue weighted by atomic mass is 9.82. The van der Waals surface area contributed by atoms with Crippen molar-refractivity contribution in [2.24, 2.45) is 17.8 Å². The summed E-state index contributed by atoms with van der Waals surface area (Å²) in [6.45, 7) is 9.58. The van der Waals surface area contributed by atoms with Gasteiger partial charge >= 0.3 is 5.97 Å². The SMILES string of the molecule is CC(=Cc1csc(C)n1)C1CC=CCCC[C@H](C)[C@H](O)[C@@H](C)C(=O)[C@H](C)CCC(=O)O1. The van der Waals surface area contributed by atoms with Crippen LogP contribution >= 0.6 is 11.3 Å². The van der Waals surface area contributed by atoms with Crippen molar-refractivity contribution in [3.63, 3.8) is 0 Å². The van der Waals surface area contributed by atoms with Crippen LogP contribution in [0, 0.1) is 24.7 Å². The quantitative estimate of drug-likeness (QED) is 0.477. The lowest BCUT2D eigenvalue weighted by molar-refractivity contribution is -0.147. The number of aliphatic hydroxyl groups excluding tert-OH is 1. The molecule has 0 saturated carbocycles. The van der Waals surface area contributed by atoms with Crippen molar-refractivity contribution in [2.45, 2.75) is 85.4 Å². The highest BCUT2D eigenvalue weighted by Gasteiger charge is 2.30. The second-order valence-corrected chi connectivity index (χ2v) is 9.96. The van der Waals surface area contributed by atoms with Crippen LogP contribution in [0.5, 0.6) is 0 Å². The minimum Gasteiger partial charge on any atom is -0.457 e. The van der Waals surface area contributed by atoms with Gasteiger partial charge in [0.05, 0.1) is 16.8 Å². The highest BCUT2D eigenvalue weighted by Crippen LogP contribution is 2.25. The molecule has 5 atom stereocenters. The first-order valence-electron chi connectivity index (χ1n) is 11.4. The summed E-state index contributed by atoms with van der Waals surface area (Å²) in [4.78, 5) is 29.8. The molecule has 31 heavy (non-hydrogen) atoms. The monoisotopic (exact) mass is 447 g/mol. The van der Waals surface area contributed by atoms with Gasteiger partial charge in [0.2, 0.25) is 0 Å². The second kappa shape index (κ2) is 12.3. The molecule has 1 unspecified atom stereocenters. The van der Waals surface area contributed by atoms with Gasteiger partial charge in [-0.05, 0) is 57.1 Å². The molecule has 1 N–H and O–H groups in total. The van der Waals surface area contributed by atoms with E-state index in [1.165, 1.54) is 0 Å². The van der Waals surface area contributed by atoms with Crippen LogP contribution in [-0.2, 0) is 14.3 Å². The maximum Gasteiger partial charge on any atom is 0.306 e. The van der Waals surface area contributed by atoms with E-state index in [2.05, 4.69) is 17.1 Å². The number of Topliss-reactive ketones (excluding diaryl/α,β-unsaturated/α-hetero) is 1. The van der Waals surface area contributed by atoms with E-state index >= 15 is 0 Å². The van der Waals surface area contributed by atoms with Crippen LogP contribution in [0.4, 0.5) is 0 Å². The first kappa shape index (κ1) is 25.5. The third-order valence-corrected chi connectivity index (χ3v) is 6.94. The lowest BCUT2D eigenvalue weighted by Crippen LogP contribution is -2.34. The molecule has 0 bridgehead atoms. The molecule has 0 aromatic carbocycles. The number of ketones is 1. The molecule has 0 fully saturated rings. The number of cyclic esters (lactones) is 1. The Labute approximate surface area is 190 Å². The minimum atomic E-state index is -0.648. The van der Waals surface area contributed by atoms with Crippen LogP contribution in [0.3, 0.4) is 0 Å². The number of aliphatic hydroxyl groups is 1. The Bertz CT molecular complexity index is 797. The Morgan fingerprint density at radius 1 is 1.23 bits per heavy atom. The maximum absolute atomic E-state index is 12.7. The van der Waals surface area contributed by atoms with Crippen LogP contribution in [0.1, 0.15) is 76.9 Å². The van der Waals surface area contributed by atoms with E-state index in [-0.39, 0.29) is 36.1 Å². The fraction of sp³-hybridized carbons (Fsp3) is 0.640. The molecular formula is C25H37NO4S. The van der Waals surface area contributed by atoms with Crippen molar-refractivity contribution in [1.82, 2.24) is 4.98 Å². The zero-order valence-electron chi connectivity index (χ0n) is 19.5. The number of allylic oxidation sites excluding steroid dienone is 1. The molecule has 6 heteroatoms. The predicted molar refractivity (Wildman–Crippen MR) is 126 cm³/mol. The van der Waals surface area contributed by atoms with E-state index in [1.54, 1.807) is 18.3 Å². The topological polar surface area (TPSA) is 76.5 Å². The van der Waals surface area contributed by atoms with E-state index in [1.807, 2.05) is 39.2 Å². The fourth-order valence-corrected chi connectivity index (χ4v) is 4.54. The number of nitrogens with zero attached hydrogens (tertiary/aromatic N) is 1. The number of aromatic nitrogens is 1. The minimum absolute atomic E-state index is 0.0191. The normalized spacial score (nSPS) is 30.3. The Kier molecular flexibility index (Phi) is 10.1. The number of aryl methyl sites for hydroxylation is 1. The van der Waals surface area contributed by atoms with E-state index in [0.29, 0.717) is 12.8 Å². The van der Waals surface area contributed by atoms with E-state index in [0.717, 1.165) is 35.5 Å². The van der Waals surface area contributed by atoms with Crippen LogP contribution < -0.4 is 0 Å². The Morgan fingerprint density at radius 3 is 2.65 bits per heavy atom. The molecule has 2 heterocycles. The summed E-state index contributed by atoms with van der Waals surface area (Å²) in [5.74, 6) is -0.925. The maximum atomic E-state index is 12.7. The average Bonchev–Trinajstić information content (AvgIpc) is 3.15. The number of hydrogen-bond acceptors (Lipinski definition) is 6. The fourth-order valence-electron chi connectivity index (χ4n) is 3.97. The zero-order valence-corrected chi connectivity index (χ0v) is 20.3. The molecule has 0 radical (unpaired) electrons. The number of thiazole rings is 1. The third-order valence-electron chi connectivity index (χ3n) is 6.15. The second-order valence-electron chi connectivity index (χ2n) is 8.89. The van der Waals surface area contributed by atoms with Gasteiger partial charge in [-0.1, -0.05) is 32.9 Å². The molecule has 0 amide bonds. The van der Waals surface area contributed by atoms with Gasteiger partial charge in [-0.3, -0.25) is 9.59 Å². The van der Waals surface area contributed by atoms with Gasteiger partial charge in [-0.15, -0.1) is 11.3 Å². The van der Waals surface area contributed by atoms with Gasteiger partial charge < -0.3 is 9.84 Å². The van der Waals surface area contributed by atoms with E-state index in [9.17, 15) is 14.7 Å². The highest BCUT2D eigenvalue weighted by atomic mass is 32.1. The predicted octanol–water partition coefficient (Wildman–Crippen LogP) is 5.52. The summed E-state index contributed by atoms with van der Waals surface area (Å²) in [5.41, 5.74) is 1.84. The van der Waals surface area contributed by atoms with Crippen molar-refractivity contribution >= 4 is 29.2 Å². The third kappa shape index (κ3) is 8.00. The van der Waals surface area contributed by atoms with Crippen molar-refractivity contribution in [1.29, 1.82) is 0 Å². The smallest absolute Gasteiger partial charge is 0.306 e. The Morgan fingerprint density at radius 2 is 1.97 bits per heavy atom. The van der Waals surface area contributed by atoms with Crippen LogP contribution in [-0.4, -0.2) is 34.1 Å². The summed E-state index contributed by atoms with van der Waals surface area (Å²) < 4.78 is 5.80. The summed E-state index contributed by atoms with van der Waals surface area (Å²) in [6, 6.07) is 0. The first-order valence-corrected chi connectivity index (χ1v) is 12.2. The highest BCUT2D eigenvalue weighted by molar-refractivity contribution is 7.09. The first-order chi connectivity index (χ1) is 14.7. The van der Waals surface area contributed by atoms with Crippen LogP contribution in [0.25, 0.3) is 6.08 Å². The summed E-state index contributed by atoms with van der Waals surface area (Å²) >= 11 is 1.59. The summed E-state index contributed by atoms with van der Waals surface area (Å²) in [6.07, 6.45) is 9.12. The number of esters is 1. The number of rotatable bonds is 2. The average molecular weight is 448 g/mol. The molecule has 0 aliphatic carbocycles. The number of carbonyl (C=O) groups excluding carboxylic acids is 2. The molecule has 1 aliphatic rings. The van der Waals surface area contributed by atoms with Crippen molar-refractivity contribution in [3.8, 4) is 0 Å². The van der Waals surface area contributed by atoms with Crippen LogP contribution in [0.2, 0.25) is 0 Å². The number of hydrogen-bond donors (Lipinski definition) is 1. The molecule has 1 aromatic heterocycles. The van der Waals surface area contributed by atoms with Crippen molar-refractivity contribution in [3.05, 3.63) is 33.8 Å². The molecule has 1 aromatic rings. The van der Waals surface area contributed by atoms with Gasteiger partial charge in [-0.25, -0.2) is 4.98 Å². The molecule has 0 spiro atoms. The van der Waals surface area contributed by atoms with Gasteiger partial charge in [0.25, 0.3) is 0 Å². The Balaban J connectivity index is 2.15. The van der Waals surface area contributed by atoms with Gasteiger partial charge in [0.1, 0.15) is 11.9 Å². The zero-order chi connectivity index (χ0) is 23.0. The molecule has 1 aliphatic heterocycles. The Hall–Kier alpha value is -1.79. The van der Waals surface area contributed by atoms with Crippen molar-refractivity contribution < 1.29 is 19.4 Å². The largest absolute Gasteiger partial charge is 0.457 e. The van der Waals surface area contributed by atoms with Gasteiger partial charge in [-0.2, -0.15) is 0 Å². The van der Waals surface area contributed by atoms with E-state index < -0.39 is 12.0 Å². The van der Waals surface area contributed by atoms with E-state index in [4.69, 9.17) is 4.74 Å². The lowest BCUT2D eigenvalue weighted by Gasteiger charge is -2.26. The molecule has 2 rings (SSSR count). The standard InChI is InChI=1S/C25H37NO4S/c1-16-10-8-6-7-9-11-22(18(3)14-21-15-31-20(5)26-21)30-23(27)13-12-17(2)25(29)19(4)24(16)28/h7,9,14-17,19,22,24,28H,6,8,10-13H2,1-5H3/t16-,17+,19+,22?,24-/m0/s1.